The maximum atomic E-state index is 12.5. The van der Waals surface area contributed by atoms with E-state index in [4.69, 9.17) is 0 Å². The van der Waals surface area contributed by atoms with Crippen LogP contribution in [0.4, 0.5) is 0 Å². The topological polar surface area (TPSA) is 110 Å². The molecule has 6 nitrogen and oxygen atoms in total. The van der Waals surface area contributed by atoms with Gasteiger partial charge in [-0.15, -0.1) is 0 Å². The summed E-state index contributed by atoms with van der Waals surface area (Å²) in [5.74, 6) is -0.586. The van der Waals surface area contributed by atoms with E-state index in [9.17, 15) is 25.2 Å². The maximum absolute atomic E-state index is 12.5. The van der Waals surface area contributed by atoms with Gasteiger partial charge in [-0.25, -0.2) is 0 Å². The molecule has 5 N–H and O–H groups in total. The summed E-state index contributed by atoms with van der Waals surface area (Å²) in [6.45, 7) is 4.03. The Morgan fingerprint density at radius 1 is 0.480 bits per heavy atom. The second-order valence-corrected chi connectivity index (χ2v) is 15.4. The Kier molecular flexibility index (Phi) is 38.5. The summed E-state index contributed by atoms with van der Waals surface area (Å²) in [4.78, 5) is 12.5. The summed E-state index contributed by atoms with van der Waals surface area (Å²) in [7, 11) is 0. The summed E-state index contributed by atoms with van der Waals surface area (Å²) < 4.78 is 0. The van der Waals surface area contributed by atoms with Crippen LogP contribution >= 0.6 is 0 Å². The average Bonchev–Trinajstić information content (AvgIpc) is 3.12. The van der Waals surface area contributed by atoms with Gasteiger partial charge < -0.3 is 25.7 Å². The molecule has 0 fully saturated rings. The van der Waals surface area contributed by atoms with Gasteiger partial charge in [0, 0.05) is 0 Å². The number of rotatable bonds is 40. The molecule has 298 valence electrons. The zero-order valence-electron chi connectivity index (χ0n) is 33.4. The highest BCUT2D eigenvalue weighted by atomic mass is 16.3. The molecule has 0 aliphatic rings. The number of unbranched alkanes of at least 4 members (excludes halogenated alkanes) is 29. The molecule has 0 aromatic carbocycles. The van der Waals surface area contributed by atoms with Crippen molar-refractivity contribution in [2.45, 2.75) is 257 Å². The Labute approximate surface area is 311 Å². The zero-order chi connectivity index (χ0) is 36.8. The van der Waals surface area contributed by atoms with Crippen LogP contribution in [0, 0.1) is 0 Å². The molecule has 50 heavy (non-hydrogen) atoms. The van der Waals surface area contributed by atoms with Gasteiger partial charge in [0.2, 0.25) is 5.91 Å². The normalized spacial score (nSPS) is 14.3. The van der Waals surface area contributed by atoms with Crippen molar-refractivity contribution in [3.05, 3.63) is 12.2 Å². The van der Waals surface area contributed by atoms with Crippen LogP contribution in [0.1, 0.15) is 232 Å². The lowest BCUT2D eigenvalue weighted by Crippen LogP contribution is -2.53. The predicted molar refractivity (Wildman–Crippen MR) is 215 cm³/mol. The Bertz CT molecular complexity index is 717. The SMILES string of the molecule is CCCCCCCCCCCCCC/C=C\CCCCCCCCCCCC(O)C(=O)NC(CO)C(O)C(O)CCCCCCCCCCC. The van der Waals surface area contributed by atoms with Gasteiger partial charge in [-0.3, -0.25) is 4.79 Å². The fourth-order valence-corrected chi connectivity index (χ4v) is 6.93. The molecule has 0 aromatic heterocycles. The minimum Gasteiger partial charge on any atom is -0.394 e. The molecule has 0 rings (SSSR count). The Morgan fingerprint density at radius 3 is 1.16 bits per heavy atom. The van der Waals surface area contributed by atoms with Gasteiger partial charge in [0.1, 0.15) is 12.2 Å². The van der Waals surface area contributed by atoms with Crippen molar-refractivity contribution in [1.29, 1.82) is 0 Å². The Hall–Kier alpha value is -0.950. The van der Waals surface area contributed by atoms with Gasteiger partial charge in [0.05, 0.1) is 18.8 Å². The molecule has 0 aromatic rings. The lowest BCUT2D eigenvalue weighted by atomic mass is 9.99. The highest BCUT2D eigenvalue weighted by Gasteiger charge is 2.28. The molecule has 0 radical (unpaired) electrons. The van der Waals surface area contributed by atoms with E-state index in [0.29, 0.717) is 12.8 Å². The molecule has 0 saturated heterocycles. The minimum atomic E-state index is -1.25. The van der Waals surface area contributed by atoms with Gasteiger partial charge in [-0.2, -0.15) is 0 Å². The van der Waals surface area contributed by atoms with Crippen LogP contribution in [-0.4, -0.2) is 57.3 Å². The first-order valence-electron chi connectivity index (χ1n) is 22.1. The summed E-state index contributed by atoms with van der Waals surface area (Å²) in [6.07, 6.45) is 42.6. The zero-order valence-corrected chi connectivity index (χ0v) is 33.4. The fraction of sp³-hybridized carbons (Fsp3) is 0.932. The van der Waals surface area contributed by atoms with E-state index in [1.54, 1.807) is 0 Å². The molecule has 6 heteroatoms. The number of hydrogen-bond acceptors (Lipinski definition) is 5. The van der Waals surface area contributed by atoms with E-state index < -0.39 is 36.9 Å². The van der Waals surface area contributed by atoms with Gasteiger partial charge in [0.25, 0.3) is 0 Å². The average molecular weight is 710 g/mol. The molecule has 4 unspecified atom stereocenters. The minimum absolute atomic E-state index is 0.369. The molecule has 1 amide bonds. The number of aliphatic hydroxyl groups is 4. The van der Waals surface area contributed by atoms with Crippen molar-refractivity contribution in [2.75, 3.05) is 6.61 Å². The van der Waals surface area contributed by atoms with Crippen molar-refractivity contribution in [1.82, 2.24) is 5.32 Å². The van der Waals surface area contributed by atoms with Crippen molar-refractivity contribution in [3.8, 4) is 0 Å². The molecule has 0 aliphatic carbocycles. The summed E-state index contributed by atoms with van der Waals surface area (Å²) in [5.41, 5.74) is 0. The van der Waals surface area contributed by atoms with E-state index in [-0.39, 0.29) is 0 Å². The van der Waals surface area contributed by atoms with Gasteiger partial charge >= 0.3 is 0 Å². The number of carbonyl (C=O) groups excluding carboxylic acids is 1. The van der Waals surface area contributed by atoms with Crippen LogP contribution in [0.3, 0.4) is 0 Å². The molecule has 0 spiro atoms. The lowest BCUT2D eigenvalue weighted by Gasteiger charge is -2.27. The number of carbonyl (C=O) groups is 1. The van der Waals surface area contributed by atoms with Crippen molar-refractivity contribution < 1.29 is 25.2 Å². The number of aliphatic hydroxyl groups excluding tert-OH is 4. The van der Waals surface area contributed by atoms with Crippen LogP contribution < -0.4 is 5.32 Å². The van der Waals surface area contributed by atoms with E-state index in [1.807, 2.05) is 0 Å². The molecule has 0 bridgehead atoms. The third-order valence-electron chi connectivity index (χ3n) is 10.5. The summed E-state index contributed by atoms with van der Waals surface area (Å²) >= 11 is 0. The van der Waals surface area contributed by atoms with Crippen LogP contribution in [-0.2, 0) is 4.79 Å². The van der Waals surface area contributed by atoms with Gasteiger partial charge in [-0.1, -0.05) is 206 Å². The van der Waals surface area contributed by atoms with Crippen molar-refractivity contribution in [2.24, 2.45) is 0 Å². The third-order valence-corrected chi connectivity index (χ3v) is 10.5. The number of hydrogen-bond donors (Lipinski definition) is 5. The van der Waals surface area contributed by atoms with Crippen LogP contribution in [0.2, 0.25) is 0 Å². The summed E-state index contributed by atoms with van der Waals surface area (Å²) in [5, 5.41) is 43.5. The summed E-state index contributed by atoms with van der Waals surface area (Å²) in [6, 6.07) is -0.981. The highest BCUT2D eigenvalue weighted by molar-refractivity contribution is 5.80. The van der Waals surface area contributed by atoms with E-state index >= 15 is 0 Å². The van der Waals surface area contributed by atoms with Gasteiger partial charge in [-0.05, 0) is 38.5 Å². The van der Waals surface area contributed by atoms with Crippen LogP contribution in [0.15, 0.2) is 12.2 Å². The molecule has 0 heterocycles. The molecule has 4 atom stereocenters. The Morgan fingerprint density at radius 2 is 0.800 bits per heavy atom. The van der Waals surface area contributed by atoms with E-state index in [1.165, 1.54) is 167 Å². The maximum Gasteiger partial charge on any atom is 0.249 e. The number of amides is 1. The second-order valence-electron chi connectivity index (χ2n) is 15.4. The molecular formula is C44H87NO5. The van der Waals surface area contributed by atoms with Gasteiger partial charge in [0.15, 0.2) is 0 Å². The number of nitrogens with one attached hydrogen (secondary N) is 1. The van der Waals surface area contributed by atoms with Crippen LogP contribution in [0.5, 0.6) is 0 Å². The first-order valence-corrected chi connectivity index (χ1v) is 22.1. The standard InChI is InChI=1S/C44H87NO5/c1-3-5-7-9-11-13-14-15-16-17-18-19-20-21-22-23-24-25-26-27-28-30-32-34-36-38-42(48)44(50)45-40(39-46)43(49)41(47)37-35-33-31-29-12-10-8-6-4-2/h21-22,40-43,46-49H,3-20,23-39H2,1-2H3,(H,45,50)/b22-21-. The number of allylic oxidation sites excluding steroid dienone is 2. The van der Waals surface area contributed by atoms with Crippen LogP contribution in [0.25, 0.3) is 0 Å². The largest absolute Gasteiger partial charge is 0.394 e. The van der Waals surface area contributed by atoms with E-state index in [2.05, 4.69) is 31.3 Å². The smallest absolute Gasteiger partial charge is 0.249 e. The lowest BCUT2D eigenvalue weighted by molar-refractivity contribution is -0.132. The molecular weight excluding hydrogens is 622 g/mol. The fourth-order valence-electron chi connectivity index (χ4n) is 6.93. The first kappa shape index (κ1) is 49.0. The predicted octanol–water partition coefficient (Wildman–Crippen LogP) is 11.4. The quantitative estimate of drug-likeness (QED) is 0.0321. The van der Waals surface area contributed by atoms with E-state index in [0.717, 1.165) is 38.5 Å². The molecule has 0 saturated carbocycles. The highest BCUT2D eigenvalue weighted by Crippen LogP contribution is 2.16. The second kappa shape index (κ2) is 39.3. The van der Waals surface area contributed by atoms with Crippen molar-refractivity contribution >= 4 is 5.91 Å². The monoisotopic (exact) mass is 710 g/mol. The third kappa shape index (κ3) is 32.9. The first-order chi connectivity index (χ1) is 24.5. The Balaban J connectivity index is 3.63. The van der Waals surface area contributed by atoms with Crippen molar-refractivity contribution in [3.63, 3.8) is 0 Å². The molecule has 0 aliphatic heterocycles.